The highest BCUT2D eigenvalue weighted by molar-refractivity contribution is 6.30. The lowest BCUT2D eigenvalue weighted by atomic mass is 9.99. The second kappa shape index (κ2) is 7.23. The first-order valence-electron chi connectivity index (χ1n) is 8.03. The molecule has 2 aromatic rings. The molecule has 1 aromatic carbocycles. The van der Waals surface area contributed by atoms with E-state index >= 15 is 0 Å². The van der Waals surface area contributed by atoms with Crippen LogP contribution in [-0.4, -0.2) is 45.1 Å². The number of amides is 1. The lowest BCUT2D eigenvalue weighted by Crippen LogP contribution is -2.30. The monoisotopic (exact) mass is 363 g/mol. The molecule has 1 saturated heterocycles. The zero-order chi connectivity index (χ0) is 18.0. The molecule has 8 heteroatoms. The van der Waals surface area contributed by atoms with Crippen LogP contribution in [0.3, 0.4) is 0 Å². The van der Waals surface area contributed by atoms with Gasteiger partial charge in [-0.1, -0.05) is 23.7 Å². The van der Waals surface area contributed by atoms with Gasteiger partial charge in [-0.25, -0.2) is 0 Å². The smallest absolute Gasteiger partial charge is 0.308 e. The molecule has 2 atom stereocenters. The predicted octanol–water partition coefficient (Wildman–Crippen LogP) is 2.50. The molecule has 1 aromatic heterocycles. The zero-order valence-corrected chi connectivity index (χ0v) is 14.4. The number of carboxylic acid groups (broad SMARTS) is 1. The number of halogens is 1. The predicted molar refractivity (Wildman–Crippen MR) is 89.9 cm³/mol. The number of aryl methyl sites for hydroxylation is 1. The molecule has 0 spiro atoms. The molecule has 2 heterocycles. The molecule has 0 aliphatic carbocycles. The number of benzene rings is 1. The van der Waals surface area contributed by atoms with E-state index in [4.69, 9.17) is 21.2 Å². The summed E-state index contributed by atoms with van der Waals surface area (Å²) in [5.41, 5.74) is 0.781. The van der Waals surface area contributed by atoms with Crippen LogP contribution in [0.15, 0.2) is 28.8 Å². The van der Waals surface area contributed by atoms with Gasteiger partial charge < -0.3 is 14.5 Å². The summed E-state index contributed by atoms with van der Waals surface area (Å²) in [4.78, 5) is 29.3. The minimum absolute atomic E-state index is 0.0404. The third-order valence-corrected chi connectivity index (χ3v) is 4.66. The van der Waals surface area contributed by atoms with Gasteiger partial charge >= 0.3 is 5.97 Å². The fourth-order valence-corrected chi connectivity index (χ4v) is 3.06. The highest BCUT2D eigenvalue weighted by Crippen LogP contribution is 2.24. The summed E-state index contributed by atoms with van der Waals surface area (Å²) >= 11 is 5.85. The topological polar surface area (TPSA) is 96.5 Å². The number of rotatable bonds is 5. The second-order valence-electron chi connectivity index (χ2n) is 6.24. The normalized spacial score (nSPS) is 20.0. The maximum absolute atomic E-state index is 12.3. The maximum Gasteiger partial charge on any atom is 0.308 e. The van der Waals surface area contributed by atoms with Crippen molar-refractivity contribution in [2.75, 3.05) is 13.1 Å². The number of nitrogens with zero attached hydrogens (tertiary/aromatic N) is 3. The van der Waals surface area contributed by atoms with Crippen molar-refractivity contribution >= 4 is 23.5 Å². The molecular formula is C17H18ClN3O4. The minimum Gasteiger partial charge on any atom is -0.481 e. The molecule has 7 nitrogen and oxygen atoms in total. The molecule has 25 heavy (non-hydrogen) atoms. The van der Waals surface area contributed by atoms with Crippen molar-refractivity contribution in [1.82, 2.24) is 15.0 Å². The summed E-state index contributed by atoms with van der Waals surface area (Å²) in [6.07, 6.45) is 0.531. The standard InChI is InChI=1S/C17H18ClN3O4/c1-10-8-21(9-13(10)17(23)24)15(22)7-6-14-19-16(20-25-14)11-2-4-12(18)5-3-11/h2-5,10,13H,6-9H2,1H3,(H,23,24)/t10-,13-/m1/s1. The molecule has 1 amide bonds. The molecule has 132 valence electrons. The van der Waals surface area contributed by atoms with Gasteiger partial charge in [0, 0.05) is 36.5 Å². The lowest BCUT2D eigenvalue weighted by Gasteiger charge is -2.15. The molecule has 1 aliphatic heterocycles. The van der Waals surface area contributed by atoms with E-state index in [2.05, 4.69) is 10.1 Å². The van der Waals surface area contributed by atoms with Crippen molar-refractivity contribution in [3.8, 4) is 11.4 Å². The number of likely N-dealkylation sites (tertiary alicyclic amines) is 1. The van der Waals surface area contributed by atoms with Gasteiger partial charge in [0.2, 0.25) is 17.6 Å². The molecule has 0 unspecified atom stereocenters. The number of carbonyl (C=O) groups is 2. The van der Waals surface area contributed by atoms with Crippen molar-refractivity contribution in [1.29, 1.82) is 0 Å². The van der Waals surface area contributed by atoms with Gasteiger partial charge in [0.05, 0.1) is 5.92 Å². The Hall–Kier alpha value is -2.41. The zero-order valence-electron chi connectivity index (χ0n) is 13.7. The van der Waals surface area contributed by atoms with E-state index in [1.54, 1.807) is 29.2 Å². The van der Waals surface area contributed by atoms with Gasteiger partial charge in [0.25, 0.3) is 0 Å². The summed E-state index contributed by atoms with van der Waals surface area (Å²) < 4.78 is 5.18. The van der Waals surface area contributed by atoms with Crippen LogP contribution < -0.4 is 0 Å². The summed E-state index contributed by atoms with van der Waals surface area (Å²) in [5, 5.41) is 13.7. The highest BCUT2D eigenvalue weighted by Gasteiger charge is 2.36. The van der Waals surface area contributed by atoms with Crippen molar-refractivity contribution in [2.45, 2.75) is 19.8 Å². The number of carbonyl (C=O) groups excluding carboxylic acids is 1. The molecule has 0 saturated carbocycles. The van der Waals surface area contributed by atoms with Crippen LogP contribution in [0, 0.1) is 11.8 Å². The lowest BCUT2D eigenvalue weighted by molar-refractivity contribution is -0.142. The van der Waals surface area contributed by atoms with Crippen molar-refractivity contribution in [3.05, 3.63) is 35.2 Å². The third-order valence-electron chi connectivity index (χ3n) is 4.41. The fraction of sp³-hybridized carbons (Fsp3) is 0.412. The van der Waals surface area contributed by atoms with Crippen LogP contribution in [0.2, 0.25) is 5.02 Å². The van der Waals surface area contributed by atoms with Crippen molar-refractivity contribution in [3.63, 3.8) is 0 Å². The van der Waals surface area contributed by atoms with Gasteiger partial charge in [-0.15, -0.1) is 0 Å². The number of aliphatic carboxylic acids is 1. The summed E-state index contributed by atoms with van der Waals surface area (Å²) in [5.74, 6) is -0.667. The average Bonchev–Trinajstić information content (AvgIpc) is 3.20. The van der Waals surface area contributed by atoms with Crippen molar-refractivity contribution in [2.24, 2.45) is 11.8 Å². The van der Waals surface area contributed by atoms with Gasteiger partial charge in [-0.05, 0) is 30.2 Å². The summed E-state index contributed by atoms with van der Waals surface area (Å²) in [7, 11) is 0. The molecule has 1 fully saturated rings. The Kier molecular flexibility index (Phi) is 5.03. The fourth-order valence-electron chi connectivity index (χ4n) is 2.94. The Balaban J connectivity index is 1.56. The van der Waals surface area contributed by atoms with E-state index in [9.17, 15) is 9.59 Å². The number of hydrogen-bond donors (Lipinski definition) is 1. The minimum atomic E-state index is -0.854. The number of hydrogen-bond acceptors (Lipinski definition) is 5. The Morgan fingerprint density at radius 2 is 2.04 bits per heavy atom. The van der Waals surface area contributed by atoms with E-state index in [1.807, 2.05) is 6.92 Å². The van der Waals surface area contributed by atoms with Crippen LogP contribution in [0.25, 0.3) is 11.4 Å². The van der Waals surface area contributed by atoms with Crippen LogP contribution in [0.4, 0.5) is 0 Å². The molecule has 1 N–H and O–H groups in total. The SMILES string of the molecule is C[C@@H]1CN(C(=O)CCc2nc(-c3ccc(Cl)cc3)no2)C[C@H]1C(=O)O. The Bertz CT molecular complexity index is 774. The first kappa shape index (κ1) is 17.4. The summed E-state index contributed by atoms with van der Waals surface area (Å²) in [6, 6.07) is 7.06. The number of aromatic nitrogens is 2. The molecular weight excluding hydrogens is 346 g/mol. The Labute approximate surface area is 149 Å². The Morgan fingerprint density at radius 1 is 1.32 bits per heavy atom. The van der Waals surface area contributed by atoms with Crippen molar-refractivity contribution < 1.29 is 19.2 Å². The average molecular weight is 364 g/mol. The van der Waals surface area contributed by atoms with Gasteiger partial charge in [-0.3, -0.25) is 9.59 Å². The van der Waals surface area contributed by atoms with E-state index in [0.29, 0.717) is 29.7 Å². The van der Waals surface area contributed by atoms with E-state index in [0.717, 1.165) is 5.56 Å². The van der Waals surface area contributed by atoms with Crippen LogP contribution in [0.1, 0.15) is 19.2 Å². The van der Waals surface area contributed by atoms with E-state index in [1.165, 1.54) is 0 Å². The first-order valence-corrected chi connectivity index (χ1v) is 8.41. The van der Waals surface area contributed by atoms with Crippen LogP contribution in [-0.2, 0) is 16.0 Å². The van der Waals surface area contributed by atoms with Gasteiger partial charge in [0.1, 0.15) is 0 Å². The van der Waals surface area contributed by atoms with Crippen LogP contribution in [0.5, 0.6) is 0 Å². The first-order chi connectivity index (χ1) is 11.9. The van der Waals surface area contributed by atoms with Gasteiger partial charge in [-0.2, -0.15) is 4.98 Å². The number of carboxylic acids is 1. The largest absolute Gasteiger partial charge is 0.481 e. The quantitative estimate of drug-likeness (QED) is 0.876. The maximum atomic E-state index is 12.3. The Morgan fingerprint density at radius 3 is 2.68 bits per heavy atom. The highest BCUT2D eigenvalue weighted by atomic mass is 35.5. The van der Waals surface area contributed by atoms with E-state index < -0.39 is 11.9 Å². The molecule has 0 radical (unpaired) electrons. The molecule has 1 aliphatic rings. The third kappa shape index (κ3) is 3.99. The van der Waals surface area contributed by atoms with E-state index in [-0.39, 0.29) is 24.8 Å². The summed E-state index contributed by atoms with van der Waals surface area (Å²) in [6.45, 7) is 2.58. The molecule has 3 rings (SSSR count). The molecule has 0 bridgehead atoms. The van der Waals surface area contributed by atoms with Crippen LogP contribution >= 0.6 is 11.6 Å². The second-order valence-corrected chi connectivity index (χ2v) is 6.68. The van der Waals surface area contributed by atoms with Gasteiger partial charge in [0.15, 0.2) is 0 Å².